The number of benzene rings is 2. The van der Waals surface area contributed by atoms with Crippen LogP contribution in [0.3, 0.4) is 0 Å². The average Bonchev–Trinajstić information content (AvgIpc) is 3.39. The summed E-state index contributed by atoms with van der Waals surface area (Å²) in [6.45, 7) is 0.438. The van der Waals surface area contributed by atoms with Gasteiger partial charge in [-0.25, -0.2) is 9.36 Å². The Hall–Kier alpha value is -3.01. The Morgan fingerprint density at radius 2 is 1.94 bits per heavy atom. The highest BCUT2D eigenvalue weighted by Crippen LogP contribution is 2.30. The van der Waals surface area contributed by atoms with Crippen LogP contribution in [-0.4, -0.2) is 48.3 Å². The van der Waals surface area contributed by atoms with Crippen LogP contribution in [0.1, 0.15) is 5.56 Å². The van der Waals surface area contributed by atoms with Gasteiger partial charge < -0.3 is 10.7 Å². The molecule has 0 aliphatic heterocycles. The summed E-state index contributed by atoms with van der Waals surface area (Å²) >= 11 is 13.4. The monoisotopic (exact) mass is 487 g/mol. The van der Waals surface area contributed by atoms with Gasteiger partial charge in [-0.2, -0.15) is 5.10 Å². The Morgan fingerprint density at radius 1 is 1.16 bits per heavy atom. The smallest absolute Gasteiger partial charge is 0.233 e. The molecule has 8 nitrogen and oxygen atoms in total. The third-order valence-corrected chi connectivity index (χ3v) is 6.14. The lowest BCUT2D eigenvalue weighted by atomic mass is 10.2. The number of carbonyl (C=O) groups excluding carboxylic acids is 1. The number of hydrogen-bond donors (Lipinski definition) is 1. The van der Waals surface area contributed by atoms with E-state index in [0.717, 1.165) is 11.3 Å². The molecule has 0 bridgehead atoms. The number of aromatic nitrogens is 5. The van der Waals surface area contributed by atoms with Gasteiger partial charge in [0.1, 0.15) is 0 Å². The van der Waals surface area contributed by atoms with Crippen molar-refractivity contribution in [3.8, 4) is 17.1 Å². The second-order valence-corrected chi connectivity index (χ2v) is 8.75. The van der Waals surface area contributed by atoms with Gasteiger partial charge >= 0.3 is 0 Å². The van der Waals surface area contributed by atoms with Gasteiger partial charge in [-0.05, 0) is 30.3 Å². The SMILES string of the molecule is CN(Cc1cnn(-c2ccccc2)c1)C(=O)CSc1nnc(-c2ccc(Cl)cc2Cl)n1N. The summed E-state index contributed by atoms with van der Waals surface area (Å²) in [6.07, 6.45) is 3.66. The first kappa shape index (κ1) is 22.2. The Labute approximate surface area is 198 Å². The number of nitrogens with two attached hydrogens (primary N) is 1. The van der Waals surface area contributed by atoms with Crippen molar-refractivity contribution in [1.29, 1.82) is 0 Å². The number of halogens is 2. The fourth-order valence-electron chi connectivity index (χ4n) is 2.99. The predicted octanol–water partition coefficient (Wildman–Crippen LogP) is 3.90. The van der Waals surface area contributed by atoms with Gasteiger partial charge in [0.15, 0.2) is 5.82 Å². The first-order valence-electron chi connectivity index (χ1n) is 9.54. The standard InChI is InChI=1S/C21H19Cl2N7OS/c1-28(11-14-10-25-29(12-14)16-5-3-2-4-6-16)19(31)13-32-21-27-26-20(30(21)24)17-8-7-15(22)9-18(17)23/h2-10,12H,11,13,24H2,1H3. The molecule has 11 heteroatoms. The summed E-state index contributed by atoms with van der Waals surface area (Å²) in [6, 6.07) is 14.8. The van der Waals surface area contributed by atoms with Crippen molar-refractivity contribution < 1.29 is 4.79 Å². The third-order valence-electron chi connectivity index (χ3n) is 4.66. The molecule has 2 aromatic heterocycles. The topological polar surface area (TPSA) is 94.9 Å². The minimum atomic E-state index is -0.0727. The van der Waals surface area contributed by atoms with Gasteiger partial charge in [-0.15, -0.1) is 10.2 Å². The molecule has 2 N–H and O–H groups in total. The summed E-state index contributed by atoms with van der Waals surface area (Å²) in [5.74, 6) is 6.61. The molecule has 4 rings (SSSR count). The molecule has 0 aliphatic carbocycles. The number of nitrogen functional groups attached to an aromatic ring is 1. The van der Waals surface area contributed by atoms with Gasteiger partial charge in [0.2, 0.25) is 11.1 Å². The summed E-state index contributed by atoms with van der Waals surface area (Å²) < 4.78 is 3.10. The van der Waals surface area contributed by atoms with Crippen LogP contribution in [0, 0.1) is 0 Å². The Kier molecular flexibility index (Phi) is 6.69. The number of amides is 1. The largest absolute Gasteiger partial charge is 0.341 e. The molecule has 0 saturated carbocycles. The lowest BCUT2D eigenvalue weighted by Crippen LogP contribution is -2.28. The van der Waals surface area contributed by atoms with E-state index >= 15 is 0 Å². The van der Waals surface area contributed by atoms with Crippen LogP contribution in [0.15, 0.2) is 66.1 Å². The van der Waals surface area contributed by atoms with Gasteiger partial charge in [-0.1, -0.05) is 53.2 Å². The number of nitrogens with zero attached hydrogens (tertiary/aromatic N) is 6. The van der Waals surface area contributed by atoms with E-state index in [0.29, 0.717) is 33.1 Å². The number of hydrogen-bond acceptors (Lipinski definition) is 6. The van der Waals surface area contributed by atoms with Gasteiger partial charge in [0, 0.05) is 35.9 Å². The van der Waals surface area contributed by atoms with Crippen molar-refractivity contribution in [1.82, 2.24) is 29.6 Å². The minimum Gasteiger partial charge on any atom is -0.341 e. The van der Waals surface area contributed by atoms with Gasteiger partial charge in [0.05, 0.1) is 22.7 Å². The normalized spacial score (nSPS) is 11.0. The molecule has 164 valence electrons. The van der Waals surface area contributed by atoms with Crippen LogP contribution >= 0.6 is 35.0 Å². The summed E-state index contributed by atoms with van der Waals surface area (Å²) in [5.41, 5.74) is 2.50. The number of para-hydroxylation sites is 1. The van der Waals surface area contributed by atoms with Crippen molar-refractivity contribution in [3.05, 3.63) is 76.5 Å². The highest BCUT2D eigenvalue weighted by Gasteiger charge is 2.18. The van der Waals surface area contributed by atoms with Crippen LogP contribution in [-0.2, 0) is 11.3 Å². The van der Waals surface area contributed by atoms with Gasteiger partial charge in [0.25, 0.3) is 0 Å². The molecular formula is C21H19Cl2N7OS. The molecule has 0 fully saturated rings. The van der Waals surface area contributed by atoms with Crippen molar-refractivity contribution >= 4 is 40.9 Å². The fourth-order valence-corrected chi connectivity index (χ4v) is 4.28. The Balaban J connectivity index is 1.37. The zero-order chi connectivity index (χ0) is 22.7. The molecule has 0 atom stereocenters. The highest BCUT2D eigenvalue weighted by atomic mass is 35.5. The average molecular weight is 488 g/mol. The molecule has 4 aromatic rings. The number of carbonyl (C=O) groups is 1. The van der Waals surface area contributed by atoms with E-state index in [2.05, 4.69) is 15.3 Å². The maximum absolute atomic E-state index is 12.6. The molecule has 32 heavy (non-hydrogen) atoms. The van der Waals surface area contributed by atoms with Crippen LogP contribution in [0.4, 0.5) is 0 Å². The van der Waals surface area contributed by atoms with Crippen LogP contribution < -0.4 is 5.84 Å². The number of rotatable bonds is 7. The van der Waals surface area contributed by atoms with E-state index in [4.69, 9.17) is 29.0 Å². The van der Waals surface area contributed by atoms with E-state index in [1.54, 1.807) is 41.0 Å². The highest BCUT2D eigenvalue weighted by molar-refractivity contribution is 7.99. The third kappa shape index (κ3) is 4.90. The molecule has 0 spiro atoms. The number of thioether (sulfide) groups is 1. The zero-order valence-corrected chi connectivity index (χ0v) is 19.3. The Bertz CT molecular complexity index is 1240. The lowest BCUT2D eigenvalue weighted by molar-refractivity contribution is -0.127. The molecule has 1 amide bonds. The summed E-state index contributed by atoms with van der Waals surface area (Å²) in [5, 5.41) is 13.9. The van der Waals surface area contributed by atoms with E-state index in [1.807, 2.05) is 36.5 Å². The van der Waals surface area contributed by atoms with E-state index in [9.17, 15) is 4.79 Å². The van der Waals surface area contributed by atoms with E-state index in [1.165, 1.54) is 16.4 Å². The maximum Gasteiger partial charge on any atom is 0.233 e. The van der Waals surface area contributed by atoms with E-state index < -0.39 is 0 Å². The van der Waals surface area contributed by atoms with Gasteiger partial charge in [-0.3, -0.25) is 4.79 Å². The quantitative estimate of drug-likeness (QED) is 0.313. The van der Waals surface area contributed by atoms with Crippen molar-refractivity contribution in [3.63, 3.8) is 0 Å². The first-order chi connectivity index (χ1) is 15.4. The maximum atomic E-state index is 12.6. The molecule has 0 unspecified atom stereocenters. The molecule has 2 heterocycles. The fraction of sp³-hybridized carbons (Fsp3) is 0.143. The van der Waals surface area contributed by atoms with Crippen molar-refractivity contribution in [2.24, 2.45) is 0 Å². The van der Waals surface area contributed by atoms with Crippen molar-refractivity contribution in [2.75, 3.05) is 18.6 Å². The second-order valence-electron chi connectivity index (χ2n) is 6.97. The molecule has 2 aromatic carbocycles. The Morgan fingerprint density at radius 3 is 2.69 bits per heavy atom. The van der Waals surface area contributed by atoms with Crippen LogP contribution in [0.5, 0.6) is 0 Å². The predicted molar refractivity (Wildman–Crippen MR) is 126 cm³/mol. The molecule has 0 saturated heterocycles. The summed E-state index contributed by atoms with van der Waals surface area (Å²) in [7, 11) is 1.74. The molecule has 0 radical (unpaired) electrons. The minimum absolute atomic E-state index is 0.0727. The van der Waals surface area contributed by atoms with E-state index in [-0.39, 0.29) is 11.7 Å². The second kappa shape index (κ2) is 9.64. The first-order valence-corrected chi connectivity index (χ1v) is 11.3. The molecular weight excluding hydrogens is 469 g/mol. The summed E-state index contributed by atoms with van der Waals surface area (Å²) in [4.78, 5) is 14.3. The zero-order valence-electron chi connectivity index (χ0n) is 17.0. The van der Waals surface area contributed by atoms with Crippen LogP contribution in [0.2, 0.25) is 10.0 Å². The lowest BCUT2D eigenvalue weighted by Gasteiger charge is -2.15. The van der Waals surface area contributed by atoms with Crippen molar-refractivity contribution in [2.45, 2.75) is 11.7 Å². The van der Waals surface area contributed by atoms with Crippen LogP contribution in [0.25, 0.3) is 17.1 Å². The molecule has 0 aliphatic rings.